The predicted molar refractivity (Wildman–Crippen MR) is 99.7 cm³/mol. The van der Waals surface area contributed by atoms with Crippen molar-refractivity contribution in [2.75, 3.05) is 13.7 Å². The summed E-state index contributed by atoms with van der Waals surface area (Å²) in [6, 6.07) is 13.7. The van der Waals surface area contributed by atoms with Gasteiger partial charge in [-0.05, 0) is 35.9 Å². The molecule has 7 nitrogen and oxygen atoms in total. The Morgan fingerprint density at radius 2 is 1.96 bits per heavy atom. The van der Waals surface area contributed by atoms with Crippen LogP contribution < -0.4 is 10.3 Å². The molecule has 3 aromatic rings. The van der Waals surface area contributed by atoms with Crippen LogP contribution in [0.15, 0.2) is 59.4 Å². The van der Waals surface area contributed by atoms with Crippen LogP contribution in [0, 0.1) is 0 Å². The number of H-pyrrole nitrogens is 1. The van der Waals surface area contributed by atoms with Gasteiger partial charge in [0.1, 0.15) is 5.75 Å². The average molecular weight is 364 g/mol. The molecule has 7 heteroatoms. The van der Waals surface area contributed by atoms with Crippen LogP contribution in [0.4, 0.5) is 0 Å². The van der Waals surface area contributed by atoms with Crippen molar-refractivity contribution in [2.24, 2.45) is 0 Å². The van der Waals surface area contributed by atoms with E-state index in [0.29, 0.717) is 22.2 Å². The Labute approximate surface area is 154 Å². The number of para-hydroxylation sites is 1. The van der Waals surface area contributed by atoms with Crippen LogP contribution in [0.5, 0.6) is 5.75 Å². The summed E-state index contributed by atoms with van der Waals surface area (Å²) < 4.78 is 9.81. The summed E-state index contributed by atoms with van der Waals surface area (Å²) in [6.45, 7) is -0.204. The molecule has 0 spiro atoms. The number of rotatable bonds is 6. The third kappa shape index (κ3) is 4.46. The van der Waals surface area contributed by atoms with Crippen molar-refractivity contribution in [3.8, 4) is 5.75 Å². The van der Waals surface area contributed by atoms with Crippen molar-refractivity contribution in [3.05, 3.63) is 76.3 Å². The van der Waals surface area contributed by atoms with Crippen molar-refractivity contribution >= 4 is 28.7 Å². The molecule has 1 aromatic heterocycles. The first-order valence-corrected chi connectivity index (χ1v) is 8.08. The maximum atomic E-state index is 12.3. The maximum Gasteiger partial charge on any atom is 0.343 e. The van der Waals surface area contributed by atoms with Gasteiger partial charge >= 0.3 is 5.97 Å². The van der Waals surface area contributed by atoms with Crippen LogP contribution in [0.25, 0.3) is 17.0 Å². The van der Waals surface area contributed by atoms with Gasteiger partial charge in [0.25, 0.3) is 5.56 Å². The van der Waals surface area contributed by atoms with E-state index in [4.69, 9.17) is 4.74 Å². The smallest absolute Gasteiger partial charge is 0.343 e. The molecule has 0 aliphatic carbocycles. The van der Waals surface area contributed by atoms with E-state index in [1.165, 1.54) is 13.2 Å². The van der Waals surface area contributed by atoms with Crippen molar-refractivity contribution in [2.45, 2.75) is 0 Å². The topological polar surface area (TPSA) is 98.3 Å². The molecule has 0 amide bonds. The highest BCUT2D eigenvalue weighted by Gasteiger charge is 2.08. The number of nitrogens with one attached hydrogen (secondary N) is 1. The summed E-state index contributed by atoms with van der Waals surface area (Å²) in [5.41, 5.74) is 0.778. The van der Waals surface area contributed by atoms with E-state index in [1.807, 2.05) is 0 Å². The fourth-order valence-electron chi connectivity index (χ4n) is 2.36. The second-order valence-electron chi connectivity index (χ2n) is 5.57. The summed E-state index contributed by atoms with van der Waals surface area (Å²) in [5.74, 6) is -0.489. The molecule has 1 heterocycles. The molecular formula is C20H16N2O5. The average Bonchev–Trinajstić information content (AvgIpc) is 2.70. The normalized spacial score (nSPS) is 10.9. The molecule has 0 aliphatic rings. The lowest BCUT2D eigenvalue weighted by molar-refractivity contribution is -0.142. The van der Waals surface area contributed by atoms with Crippen LogP contribution in [-0.4, -0.2) is 35.4 Å². The molecule has 0 saturated heterocycles. The maximum absolute atomic E-state index is 12.3. The number of benzene rings is 2. The van der Waals surface area contributed by atoms with E-state index in [1.54, 1.807) is 54.6 Å². The van der Waals surface area contributed by atoms with Gasteiger partial charge in [0.2, 0.25) is 5.78 Å². The molecule has 136 valence electrons. The SMILES string of the molecule is COC(=O)COc1cccc(C=CC(=O)c2nc3ccccc3c(=O)[nH]2)c1. The summed E-state index contributed by atoms with van der Waals surface area (Å²) in [6.07, 6.45) is 2.88. The van der Waals surface area contributed by atoms with E-state index in [-0.39, 0.29) is 18.0 Å². The van der Waals surface area contributed by atoms with E-state index in [2.05, 4.69) is 14.7 Å². The third-order valence-electron chi connectivity index (χ3n) is 3.72. The third-order valence-corrected chi connectivity index (χ3v) is 3.72. The summed E-state index contributed by atoms with van der Waals surface area (Å²) in [5, 5.41) is 0.425. The number of aromatic nitrogens is 2. The number of allylic oxidation sites excluding steroid dienone is 1. The van der Waals surface area contributed by atoms with E-state index < -0.39 is 11.8 Å². The minimum absolute atomic E-state index is 0.0342. The Kier molecular flexibility index (Phi) is 5.41. The lowest BCUT2D eigenvalue weighted by Crippen LogP contribution is -2.14. The number of fused-ring (bicyclic) bond motifs is 1. The quantitative estimate of drug-likeness (QED) is 0.410. The number of ether oxygens (including phenoxy) is 2. The zero-order valence-electron chi connectivity index (χ0n) is 14.5. The highest BCUT2D eigenvalue weighted by molar-refractivity contribution is 6.05. The Balaban J connectivity index is 1.77. The summed E-state index contributed by atoms with van der Waals surface area (Å²) in [4.78, 5) is 42.2. The lowest BCUT2D eigenvalue weighted by atomic mass is 10.2. The number of nitrogens with zero attached hydrogens (tertiary/aromatic N) is 1. The molecule has 27 heavy (non-hydrogen) atoms. The number of carbonyl (C=O) groups is 2. The van der Waals surface area contributed by atoms with Gasteiger partial charge in [-0.3, -0.25) is 9.59 Å². The fraction of sp³-hybridized carbons (Fsp3) is 0.100. The van der Waals surface area contributed by atoms with Crippen LogP contribution in [0.2, 0.25) is 0 Å². The second-order valence-corrected chi connectivity index (χ2v) is 5.57. The zero-order chi connectivity index (χ0) is 19.2. The molecule has 0 bridgehead atoms. The molecule has 0 fully saturated rings. The van der Waals surface area contributed by atoms with Gasteiger partial charge in [-0.1, -0.05) is 30.3 Å². The van der Waals surface area contributed by atoms with Crippen LogP contribution in [-0.2, 0) is 9.53 Å². The molecule has 0 atom stereocenters. The predicted octanol–water partition coefficient (Wildman–Crippen LogP) is 2.37. The number of carbonyl (C=O) groups excluding carboxylic acids is 2. The summed E-state index contributed by atoms with van der Waals surface area (Å²) >= 11 is 0. The van der Waals surface area contributed by atoms with E-state index >= 15 is 0 Å². The number of methoxy groups -OCH3 is 1. The van der Waals surface area contributed by atoms with Crippen molar-refractivity contribution in [1.29, 1.82) is 0 Å². The fourth-order valence-corrected chi connectivity index (χ4v) is 2.36. The van der Waals surface area contributed by atoms with Gasteiger partial charge in [-0.2, -0.15) is 0 Å². The Bertz CT molecular complexity index is 1080. The highest BCUT2D eigenvalue weighted by atomic mass is 16.6. The molecule has 0 radical (unpaired) electrons. The molecule has 0 saturated carbocycles. The number of esters is 1. The Morgan fingerprint density at radius 1 is 1.15 bits per heavy atom. The number of aromatic amines is 1. The Morgan fingerprint density at radius 3 is 2.78 bits per heavy atom. The monoisotopic (exact) mass is 364 g/mol. The van der Waals surface area contributed by atoms with Crippen molar-refractivity contribution < 1.29 is 19.1 Å². The van der Waals surface area contributed by atoms with Crippen molar-refractivity contribution in [3.63, 3.8) is 0 Å². The first-order chi connectivity index (χ1) is 13.1. The molecule has 0 unspecified atom stereocenters. The van der Waals surface area contributed by atoms with Crippen molar-refractivity contribution in [1.82, 2.24) is 9.97 Å². The van der Waals surface area contributed by atoms with Gasteiger partial charge in [-0.25, -0.2) is 9.78 Å². The molecular weight excluding hydrogens is 348 g/mol. The molecule has 0 aliphatic heterocycles. The number of ketones is 1. The molecule has 2 aromatic carbocycles. The minimum Gasteiger partial charge on any atom is -0.482 e. The first kappa shape index (κ1) is 18.1. The second kappa shape index (κ2) is 8.09. The van der Waals surface area contributed by atoms with Crippen LogP contribution in [0.1, 0.15) is 16.2 Å². The Hall–Kier alpha value is -3.74. The highest BCUT2D eigenvalue weighted by Crippen LogP contribution is 2.15. The molecule has 3 rings (SSSR count). The van der Waals surface area contributed by atoms with Gasteiger partial charge in [0.15, 0.2) is 12.4 Å². The number of hydrogen-bond donors (Lipinski definition) is 1. The standard InChI is InChI=1S/C20H16N2O5/c1-26-18(24)12-27-14-6-4-5-13(11-14)9-10-17(23)19-21-16-8-3-2-7-15(16)20(25)22-19/h2-11H,12H2,1H3,(H,21,22,25). The zero-order valence-corrected chi connectivity index (χ0v) is 14.5. The van der Waals surface area contributed by atoms with Gasteiger partial charge in [-0.15, -0.1) is 0 Å². The molecule has 1 N–H and O–H groups in total. The van der Waals surface area contributed by atoms with Gasteiger partial charge in [0, 0.05) is 0 Å². The minimum atomic E-state index is -0.488. The van der Waals surface area contributed by atoms with E-state index in [9.17, 15) is 14.4 Å². The van der Waals surface area contributed by atoms with Gasteiger partial charge < -0.3 is 14.5 Å². The van der Waals surface area contributed by atoms with Crippen LogP contribution >= 0.6 is 0 Å². The lowest BCUT2D eigenvalue weighted by Gasteiger charge is -2.05. The van der Waals surface area contributed by atoms with Gasteiger partial charge in [0.05, 0.1) is 18.0 Å². The first-order valence-electron chi connectivity index (χ1n) is 8.08. The van der Waals surface area contributed by atoms with E-state index in [0.717, 1.165) is 0 Å². The van der Waals surface area contributed by atoms with Crippen LogP contribution in [0.3, 0.4) is 0 Å². The summed E-state index contributed by atoms with van der Waals surface area (Å²) in [7, 11) is 1.28. The largest absolute Gasteiger partial charge is 0.482 e. The number of hydrogen-bond acceptors (Lipinski definition) is 6.